The van der Waals surface area contributed by atoms with Crippen LogP contribution in [-0.2, 0) is 6.54 Å². The Kier molecular flexibility index (Phi) is 4.10. The van der Waals surface area contributed by atoms with Gasteiger partial charge in [-0.1, -0.05) is 0 Å². The number of nitrogens with zero attached hydrogens (tertiary/aromatic N) is 4. The lowest BCUT2D eigenvalue weighted by Gasteiger charge is -2.34. The summed E-state index contributed by atoms with van der Waals surface area (Å²) in [6.07, 6.45) is 3.74. The minimum absolute atomic E-state index is 0.930. The van der Waals surface area contributed by atoms with E-state index in [2.05, 4.69) is 41.8 Å². The molecule has 3 rings (SSSR count). The van der Waals surface area contributed by atoms with Crippen LogP contribution in [0, 0.1) is 0 Å². The summed E-state index contributed by atoms with van der Waals surface area (Å²) in [5.74, 6) is 0. The van der Waals surface area contributed by atoms with Crippen LogP contribution >= 0.6 is 27.3 Å². The summed E-state index contributed by atoms with van der Waals surface area (Å²) in [6, 6.07) is 4.13. The number of piperazine rings is 1. The van der Waals surface area contributed by atoms with E-state index in [9.17, 15) is 0 Å². The molecular weight excluding hydrogens is 324 g/mol. The van der Waals surface area contributed by atoms with Crippen LogP contribution in [-0.4, -0.2) is 41.0 Å². The van der Waals surface area contributed by atoms with Crippen LogP contribution in [0.4, 0.5) is 5.13 Å². The van der Waals surface area contributed by atoms with Gasteiger partial charge in [0.2, 0.25) is 0 Å². The molecule has 0 radical (unpaired) electrons. The van der Waals surface area contributed by atoms with Crippen molar-refractivity contribution in [2.75, 3.05) is 31.1 Å². The Hall–Kier alpha value is -0.980. The molecule has 0 spiro atoms. The molecule has 0 aliphatic carbocycles. The Morgan fingerprint density at radius 3 is 2.63 bits per heavy atom. The molecule has 2 aromatic heterocycles. The summed E-state index contributed by atoms with van der Waals surface area (Å²) in [5.41, 5.74) is 1.13. The summed E-state index contributed by atoms with van der Waals surface area (Å²) in [7, 11) is 0. The number of aromatic nitrogens is 2. The first-order valence-electron chi connectivity index (χ1n) is 6.28. The van der Waals surface area contributed by atoms with Crippen molar-refractivity contribution in [3.8, 4) is 0 Å². The second-order valence-corrected chi connectivity index (χ2v) is 6.33. The normalized spacial score (nSPS) is 16.8. The smallest absolute Gasteiger partial charge is 0.185 e. The lowest BCUT2D eigenvalue weighted by Crippen LogP contribution is -2.46. The Morgan fingerprint density at radius 1 is 1.16 bits per heavy atom. The summed E-state index contributed by atoms with van der Waals surface area (Å²) in [5, 5.41) is 3.18. The Bertz CT molecular complexity index is 506. The highest BCUT2D eigenvalue weighted by Crippen LogP contribution is 2.19. The molecule has 100 valence electrons. The molecule has 0 N–H and O–H groups in total. The van der Waals surface area contributed by atoms with Gasteiger partial charge in [-0.2, -0.15) is 0 Å². The van der Waals surface area contributed by atoms with E-state index in [1.165, 1.54) is 0 Å². The maximum atomic E-state index is 4.43. The number of thiazole rings is 1. The number of anilines is 1. The van der Waals surface area contributed by atoms with Gasteiger partial charge >= 0.3 is 0 Å². The average Bonchev–Trinajstić information content (AvgIpc) is 2.96. The molecule has 6 heteroatoms. The van der Waals surface area contributed by atoms with Crippen molar-refractivity contribution in [2.45, 2.75) is 6.54 Å². The maximum absolute atomic E-state index is 4.43. The van der Waals surface area contributed by atoms with E-state index >= 15 is 0 Å². The van der Waals surface area contributed by atoms with Crippen molar-refractivity contribution in [2.24, 2.45) is 0 Å². The van der Waals surface area contributed by atoms with E-state index in [1.54, 1.807) is 11.3 Å². The number of hydrogen-bond donors (Lipinski definition) is 0. The van der Waals surface area contributed by atoms with E-state index in [-0.39, 0.29) is 0 Å². The molecule has 2 aromatic rings. The van der Waals surface area contributed by atoms with Crippen molar-refractivity contribution >= 4 is 32.4 Å². The van der Waals surface area contributed by atoms with Crippen LogP contribution in [0.1, 0.15) is 5.69 Å². The minimum Gasteiger partial charge on any atom is -0.346 e. The molecule has 0 aromatic carbocycles. The summed E-state index contributed by atoms with van der Waals surface area (Å²) >= 11 is 5.13. The third-order valence-electron chi connectivity index (χ3n) is 3.24. The van der Waals surface area contributed by atoms with E-state index in [0.29, 0.717) is 0 Å². The van der Waals surface area contributed by atoms with Gasteiger partial charge in [0.15, 0.2) is 5.13 Å². The summed E-state index contributed by atoms with van der Waals surface area (Å²) in [4.78, 5) is 13.6. The minimum atomic E-state index is 0.930. The first-order chi connectivity index (χ1) is 9.31. The summed E-state index contributed by atoms with van der Waals surface area (Å²) < 4.78 is 1.03. The second-order valence-electron chi connectivity index (χ2n) is 4.55. The molecule has 1 fully saturated rings. The van der Waals surface area contributed by atoms with Crippen LogP contribution in [0.5, 0.6) is 0 Å². The molecule has 1 aliphatic heterocycles. The largest absolute Gasteiger partial charge is 0.346 e. The lowest BCUT2D eigenvalue weighted by molar-refractivity contribution is 0.247. The van der Waals surface area contributed by atoms with Gasteiger partial charge in [-0.25, -0.2) is 4.98 Å². The number of halogens is 1. The monoisotopic (exact) mass is 338 g/mol. The number of pyridine rings is 1. The van der Waals surface area contributed by atoms with Gasteiger partial charge in [0.1, 0.15) is 0 Å². The van der Waals surface area contributed by atoms with Gasteiger partial charge in [-0.15, -0.1) is 11.3 Å². The number of rotatable bonds is 3. The molecule has 0 bridgehead atoms. The van der Waals surface area contributed by atoms with Crippen LogP contribution in [0.25, 0.3) is 0 Å². The van der Waals surface area contributed by atoms with Gasteiger partial charge < -0.3 is 4.90 Å². The predicted molar refractivity (Wildman–Crippen MR) is 81.5 cm³/mol. The highest BCUT2D eigenvalue weighted by Gasteiger charge is 2.18. The molecule has 0 saturated carbocycles. The highest BCUT2D eigenvalue weighted by molar-refractivity contribution is 9.10. The lowest BCUT2D eigenvalue weighted by atomic mass is 10.3. The molecule has 19 heavy (non-hydrogen) atoms. The van der Waals surface area contributed by atoms with Crippen molar-refractivity contribution in [3.63, 3.8) is 0 Å². The standard InChI is InChI=1S/C13H15BrN4S/c14-11-1-2-12(16-9-11)10-17-4-6-18(7-5-17)13-15-3-8-19-13/h1-3,8-9H,4-7,10H2. The SMILES string of the molecule is Brc1ccc(CN2CCN(c3nccs3)CC2)nc1. The van der Waals surface area contributed by atoms with E-state index in [0.717, 1.165) is 48.0 Å². The quantitative estimate of drug-likeness (QED) is 0.861. The van der Waals surface area contributed by atoms with Gasteiger partial charge in [-0.3, -0.25) is 9.88 Å². The fourth-order valence-corrected chi connectivity index (χ4v) is 3.13. The van der Waals surface area contributed by atoms with Crippen LogP contribution in [0.15, 0.2) is 34.4 Å². The van der Waals surface area contributed by atoms with Crippen molar-refractivity contribution < 1.29 is 0 Å². The van der Waals surface area contributed by atoms with Gasteiger partial charge in [0, 0.05) is 55.0 Å². The maximum Gasteiger partial charge on any atom is 0.185 e. The topological polar surface area (TPSA) is 32.3 Å². The third-order valence-corrected chi connectivity index (χ3v) is 4.54. The zero-order chi connectivity index (χ0) is 13.1. The van der Waals surface area contributed by atoms with Crippen molar-refractivity contribution in [1.82, 2.24) is 14.9 Å². The van der Waals surface area contributed by atoms with Crippen molar-refractivity contribution in [3.05, 3.63) is 40.1 Å². The Morgan fingerprint density at radius 2 is 2.00 bits per heavy atom. The first-order valence-corrected chi connectivity index (χ1v) is 7.96. The van der Waals surface area contributed by atoms with Gasteiger partial charge in [-0.05, 0) is 28.1 Å². The van der Waals surface area contributed by atoms with E-state index < -0.39 is 0 Å². The van der Waals surface area contributed by atoms with Crippen LogP contribution < -0.4 is 4.90 Å². The Labute approximate surface area is 125 Å². The number of hydrogen-bond acceptors (Lipinski definition) is 5. The average molecular weight is 339 g/mol. The highest BCUT2D eigenvalue weighted by atomic mass is 79.9. The van der Waals surface area contributed by atoms with Crippen molar-refractivity contribution in [1.29, 1.82) is 0 Å². The van der Waals surface area contributed by atoms with E-state index in [4.69, 9.17) is 0 Å². The molecular formula is C13H15BrN4S. The Balaban J connectivity index is 1.54. The first kappa shape index (κ1) is 13.0. The van der Waals surface area contributed by atoms with Crippen LogP contribution in [0.2, 0.25) is 0 Å². The van der Waals surface area contributed by atoms with E-state index in [1.807, 2.05) is 23.8 Å². The molecule has 0 atom stereocenters. The fraction of sp³-hybridized carbons (Fsp3) is 0.385. The molecule has 3 heterocycles. The summed E-state index contributed by atoms with van der Waals surface area (Å²) in [6.45, 7) is 5.15. The zero-order valence-electron chi connectivity index (χ0n) is 10.5. The van der Waals surface area contributed by atoms with Gasteiger partial charge in [0.05, 0.1) is 5.69 Å². The molecule has 0 unspecified atom stereocenters. The third kappa shape index (κ3) is 3.32. The van der Waals surface area contributed by atoms with Gasteiger partial charge in [0.25, 0.3) is 0 Å². The molecule has 1 aliphatic rings. The molecule has 1 saturated heterocycles. The fourth-order valence-electron chi connectivity index (χ4n) is 2.20. The second kappa shape index (κ2) is 5.98. The molecule has 4 nitrogen and oxygen atoms in total. The molecule has 0 amide bonds. The van der Waals surface area contributed by atoms with Crippen LogP contribution in [0.3, 0.4) is 0 Å². The predicted octanol–water partition coefficient (Wildman–Crippen LogP) is 2.62. The zero-order valence-corrected chi connectivity index (χ0v) is 12.9.